The van der Waals surface area contributed by atoms with Crippen molar-refractivity contribution in [1.82, 2.24) is 14.4 Å². The lowest BCUT2D eigenvalue weighted by atomic mass is 9.86. The average molecular weight is 495 g/mol. The number of halogens is 1. The van der Waals surface area contributed by atoms with Crippen LogP contribution in [-0.2, 0) is 6.42 Å². The number of aryl methyl sites for hydroxylation is 1. The number of fused-ring (bicyclic) bond motifs is 2. The summed E-state index contributed by atoms with van der Waals surface area (Å²) in [5.74, 6) is 0.202. The van der Waals surface area contributed by atoms with E-state index < -0.39 is 5.82 Å². The number of rotatable bonds is 7. The van der Waals surface area contributed by atoms with Crippen molar-refractivity contribution in [1.29, 1.82) is 0 Å². The van der Waals surface area contributed by atoms with Gasteiger partial charge in [0, 0.05) is 55.5 Å². The first-order valence-corrected chi connectivity index (χ1v) is 12.8. The van der Waals surface area contributed by atoms with Crippen molar-refractivity contribution in [2.45, 2.75) is 67.7 Å². The van der Waals surface area contributed by atoms with E-state index in [-0.39, 0.29) is 22.5 Å². The van der Waals surface area contributed by atoms with E-state index in [1.54, 1.807) is 34.8 Å². The number of anilines is 3. The first-order valence-electron chi connectivity index (χ1n) is 12.8. The van der Waals surface area contributed by atoms with Crippen molar-refractivity contribution >= 4 is 28.9 Å². The molecule has 1 N–H and O–H groups in total. The van der Waals surface area contributed by atoms with Gasteiger partial charge in [-0.05, 0) is 36.7 Å². The Morgan fingerprint density at radius 3 is 2.64 bits per heavy atom. The Hall–Kier alpha value is -3.16. The molecule has 8 heteroatoms. The molecule has 0 aliphatic carbocycles. The van der Waals surface area contributed by atoms with Crippen molar-refractivity contribution in [3.05, 3.63) is 47.8 Å². The number of hydrogen-bond acceptors (Lipinski definition) is 4. The molecule has 0 bridgehead atoms. The SMILES string of the molecule is CCCC(C)(C)CN(CC(C)(C)C)c1ccnc2c1CCN2C(=O)Nc1cc(F)c2nc(C)cn2c1. The van der Waals surface area contributed by atoms with E-state index in [4.69, 9.17) is 0 Å². The monoisotopic (exact) mass is 494 g/mol. The summed E-state index contributed by atoms with van der Waals surface area (Å²) in [6, 6.07) is 3.07. The molecule has 194 valence electrons. The molecule has 3 aromatic rings. The maximum Gasteiger partial charge on any atom is 0.327 e. The molecule has 36 heavy (non-hydrogen) atoms. The summed E-state index contributed by atoms with van der Waals surface area (Å²) in [5, 5.41) is 2.85. The Morgan fingerprint density at radius 2 is 1.94 bits per heavy atom. The summed E-state index contributed by atoms with van der Waals surface area (Å²) in [7, 11) is 0. The number of nitrogens with zero attached hydrogens (tertiary/aromatic N) is 5. The quantitative estimate of drug-likeness (QED) is 0.410. The molecule has 1 aliphatic heterocycles. The number of carbonyl (C=O) groups is 1. The van der Waals surface area contributed by atoms with E-state index in [9.17, 15) is 9.18 Å². The van der Waals surface area contributed by atoms with E-state index in [0.717, 1.165) is 43.6 Å². The predicted molar refractivity (Wildman–Crippen MR) is 145 cm³/mol. The van der Waals surface area contributed by atoms with Crippen molar-refractivity contribution in [3.63, 3.8) is 0 Å². The number of pyridine rings is 2. The van der Waals surface area contributed by atoms with Crippen LogP contribution in [0.4, 0.5) is 26.4 Å². The van der Waals surface area contributed by atoms with Crippen LogP contribution in [0.15, 0.2) is 30.7 Å². The molecule has 4 heterocycles. The van der Waals surface area contributed by atoms with Gasteiger partial charge in [-0.25, -0.2) is 19.2 Å². The Balaban J connectivity index is 1.61. The molecule has 0 atom stereocenters. The highest BCUT2D eigenvalue weighted by Gasteiger charge is 2.32. The minimum Gasteiger partial charge on any atom is -0.370 e. The number of amides is 2. The summed E-state index contributed by atoms with van der Waals surface area (Å²) in [6.45, 7) is 17.8. The number of urea groups is 1. The van der Waals surface area contributed by atoms with Gasteiger partial charge in [0.05, 0.1) is 11.4 Å². The first kappa shape index (κ1) is 25.9. The van der Waals surface area contributed by atoms with Gasteiger partial charge < -0.3 is 14.6 Å². The van der Waals surface area contributed by atoms with Crippen LogP contribution in [0, 0.1) is 23.6 Å². The first-order chi connectivity index (χ1) is 16.9. The van der Waals surface area contributed by atoms with Crippen LogP contribution in [0.3, 0.4) is 0 Å². The Kier molecular flexibility index (Phi) is 6.99. The zero-order chi connectivity index (χ0) is 26.3. The molecule has 2 amide bonds. The van der Waals surface area contributed by atoms with E-state index >= 15 is 0 Å². The lowest BCUT2D eigenvalue weighted by molar-refractivity contribution is 0.257. The highest BCUT2D eigenvalue weighted by atomic mass is 19.1. The molecular formula is C28H39FN6O. The summed E-state index contributed by atoms with van der Waals surface area (Å²) in [6.07, 6.45) is 8.22. The second-order valence-electron chi connectivity index (χ2n) is 12.0. The van der Waals surface area contributed by atoms with Gasteiger partial charge in [0.25, 0.3) is 0 Å². The maximum atomic E-state index is 14.5. The van der Waals surface area contributed by atoms with Crippen LogP contribution in [0.2, 0.25) is 0 Å². The number of nitrogens with one attached hydrogen (secondary N) is 1. The van der Waals surface area contributed by atoms with Crippen LogP contribution in [0.1, 0.15) is 65.6 Å². The highest BCUT2D eigenvalue weighted by molar-refractivity contribution is 6.03. The fourth-order valence-corrected chi connectivity index (χ4v) is 5.28. The third-order valence-corrected chi connectivity index (χ3v) is 6.52. The smallest absolute Gasteiger partial charge is 0.327 e. The molecule has 4 rings (SSSR count). The van der Waals surface area contributed by atoms with Gasteiger partial charge in [0.1, 0.15) is 5.82 Å². The zero-order valence-electron chi connectivity index (χ0n) is 22.7. The van der Waals surface area contributed by atoms with E-state index in [1.807, 2.05) is 0 Å². The van der Waals surface area contributed by atoms with Gasteiger partial charge in [-0.2, -0.15) is 0 Å². The Labute approximate surface area is 213 Å². The molecule has 3 aromatic heterocycles. The van der Waals surface area contributed by atoms with Gasteiger partial charge in [-0.15, -0.1) is 0 Å². The van der Waals surface area contributed by atoms with Gasteiger partial charge >= 0.3 is 6.03 Å². The van der Waals surface area contributed by atoms with Gasteiger partial charge in [0.2, 0.25) is 0 Å². The molecule has 0 aromatic carbocycles. The minimum atomic E-state index is -0.476. The summed E-state index contributed by atoms with van der Waals surface area (Å²) < 4.78 is 16.1. The van der Waals surface area contributed by atoms with Crippen molar-refractivity contribution < 1.29 is 9.18 Å². The summed E-state index contributed by atoms with van der Waals surface area (Å²) in [5.41, 5.74) is 3.86. The molecule has 7 nitrogen and oxygen atoms in total. The largest absolute Gasteiger partial charge is 0.370 e. The van der Waals surface area contributed by atoms with Crippen LogP contribution in [-0.4, -0.2) is 40.0 Å². The number of carbonyl (C=O) groups excluding carboxylic acids is 1. The zero-order valence-corrected chi connectivity index (χ0v) is 22.7. The molecular weight excluding hydrogens is 455 g/mol. The van der Waals surface area contributed by atoms with Gasteiger partial charge in [-0.1, -0.05) is 48.0 Å². The average Bonchev–Trinajstić information content (AvgIpc) is 3.35. The molecule has 0 radical (unpaired) electrons. The third-order valence-electron chi connectivity index (χ3n) is 6.52. The van der Waals surface area contributed by atoms with Crippen molar-refractivity contribution in [2.24, 2.45) is 10.8 Å². The normalized spacial score (nSPS) is 13.8. The molecule has 0 spiro atoms. The fraction of sp³-hybridized carbons (Fsp3) is 0.536. The van der Waals surface area contributed by atoms with Gasteiger partial charge in [-0.3, -0.25) is 4.90 Å². The number of aromatic nitrogens is 3. The van der Waals surface area contributed by atoms with Crippen molar-refractivity contribution in [3.8, 4) is 0 Å². The predicted octanol–water partition coefficient (Wildman–Crippen LogP) is 6.45. The summed E-state index contributed by atoms with van der Waals surface area (Å²) in [4.78, 5) is 26.2. The van der Waals surface area contributed by atoms with Crippen LogP contribution in [0.5, 0.6) is 0 Å². The molecule has 0 unspecified atom stereocenters. The second-order valence-corrected chi connectivity index (χ2v) is 12.0. The molecule has 0 saturated carbocycles. The van der Waals surface area contributed by atoms with Crippen LogP contribution >= 0.6 is 0 Å². The minimum absolute atomic E-state index is 0.114. The van der Waals surface area contributed by atoms with E-state index in [2.05, 4.69) is 67.8 Å². The molecule has 0 fully saturated rings. The van der Waals surface area contributed by atoms with E-state index in [0.29, 0.717) is 23.7 Å². The van der Waals surface area contributed by atoms with Gasteiger partial charge in [0.15, 0.2) is 11.5 Å². The van der Waals surface area contributed by atoms with Crippen molar-refractivity contribution in [2.75, 3.05) is 34.8 Å². The fourth-order valence-electron chi connectivity index (χ4n) is 5.28. The van der Waals surface area contributed by atoms with E-state index in [1.165, 1.54) is 6.07 Å². The number of hydrogen-bond donors (Lipinski definition) is 1. The third kappa shape index (κ3) is 5.63. The topological polar surface area (TPSA) is 65.8 Å². The number of imidazole rings is 1. The highest BCUT2D eigenvalue weighted by Crippen LogP contribution is 2.37. The second kappa shape index (κ2) is 9.71. The molecule has 1 aliphatic rings. The standard InChI is InChI=1S/C28H39FN6O/c1-8-11-28(6,7)18-34(17-27(3,4)5)23-9-12-30-24-21(23)10-13-35(24)26(36)32-20-14-22(29)25-31-19(2)15-33(25)16-20/h9,12,14-16H,8,10-11,13,17-18H2,1-7H3,(H,32,36). The van der Waals surface area contributed by atoms with Crippen LogP contribution in [0.25, 0.3) is 5.65 Å². The molecule has 0 saturated heterocycles. The lowest BCUT2D eigenvalue weighted by Gasteiger charge is -2.38. The lowest BCUT2D eigenvalue weighted by Crippen LogP contribution is -2.40. The van der Waals surface area contributed by atoms with Crippen LogP contribution < -0.4 is 15.1 Å². The summed E-state index contributed by atoms with van der Waals surface area (Å²) >= 11 is 0. The maximum absolute atomic E-state index is 14.5. The Bertz CT molecular complexity index is 1260. The Morgan fingerprint density at radius 1 is 1.19 bits per heavy atom.